The fourth-order valence-electron chi connectivity index (χ4n) is 1.49. The number of rotatable bonds is 8. The summed E-state index contributed by atoms with van der Waals surface area (Å²) in [4.78, 5) is 0. The van der Waals surface area contributed by atoms with Crippen molar-refractivity contribution in [1.29, 1.82) is 0 Å². The molecule has 0 aliphatic rings. The Hall–Kier alpha value is -0.0800. The lowest BCUT2D eigenvalue weighted by atomic mass is 9.94. The summed E-state index contributed by atoms with van der Waals surface area (Å²) in [6.45, 7) is 4.51. The van der Waals surface area contributed by atoms with E-state index in [1.807, 2.05) is 0 Å². The molecular formula is C11H24O2. The zero-order chi connectivity index (χ0) is 10.2. The highest BCUT2D eigenvalue weighted by atomic mass is 16.5. The molecule has 0 aromatic heterocycles. The Balaban J connectivity index is 3.57. The highest BCUT2D eigenvalue weighted by Gasteiger charge is 2.21. The minimum absolute atomic E-state index is 0.109. The summed E-state index contributed by atoms with van der Waals surface area (Å²) in [5.74, 6) is 0. The van der Waals surface area contributed by atoms with Crippen molar-refractivity contribution in [2.75, 3.05) is 13.7 Å². The monoisotopic (exact) mass is 188 g/mol. The number of ether oxygens (including phenoxy) is 1. The lowest BCUT2D eigenvalue weighted by molar-refractivity contribution is -0.0211. The van der Waals surface area contributed by atoms with Crippen LogP contribution in [0.1, 0.15) is 52.4 Å². The minimum Gasteiger partial charge on any atom is -0.396 e. The van der Waals surface area contributed by atoms with Gasteiger partial charge in [-0.1, -0.05) is 32.6 Å². The molecule has 0 rings (SSSR count). The third-order valence-corrected chi connectivity index (χ3v) is 2.69. The van der Waals surface area contributed by atoms with E-state index in [4.69, 9.17) is 9.84 Å². The first-order valence-electron chi connectivity index (χ1n) is 5.34. The fraction of sp³-hybridized carbons (Fsp3) is 1.00. The van der Waals surface area contributed by atoms with Crippen LogP contribution in [-0.2, 0) is 4.74 Å². The molecule has 0 radical (unpaired) electrons. The standard InChI is InChI=1S/C11H24O2/c1-4-5-6-7-8-11(2,13-3)9-10-12/h12H,4-10H2,1-3H3. The van der Waals surface area contributed by atoms with Gasteiger partial charge in [-0.2, -0.15) is 0 Å². The summed E-state index contributed by atoms with van der Waals surface area (Å²) in [7, 11) is 1.73. The van der Waals surface area contributed by atoms with Crippen LogP contribution >= 0.6 is 0 Å². The molecule has 0 aliphatic carbocycles. The molecule has 13 heavy (non-hydrogen) atoms. The summed E-state index contributed by atoms with van der Waals surface area (Å²) in [5.41, 5.74) is -0.109. The quantitative estimate of drug-likeness (QED) is 0.593. The molecule has 2 nitrogen and oxygen atoms in total. The third kappa shape index (κ3) is 6.05. The van der Waals surface area contributed by atoms with Gasteiger partial charge in [-0.15, -0.1) is 0 Å². The van der Waals surface area contributed by atoms with Gasteiger partial charge in [0.05, 0.1) is 5.60 Å². The molecule has 1 unspecified atom stereocenters. The van der Waals surface area contributed by atoms with E-state index in [2.05, 4.69) is 13.8 Å². The molecule has 1 atom stereocenters. The highest BCUT2D eigenvalue weighted by molar-refractivity contribution is 4.73. The summed E-state index contributed by atoms with van der Waals surface area (Å²) >= 11 is 0. The van der Waals surface area contributed by atoms with Crippen LogP contribution in [0.25, 0.3) is 0 Å². The lowest BCUT2D eigenvalue weighted by Crippen LogP contribution is -2.28. The average molecular weight is 188 g/mol. The summed E-state index contributed by atoms with van der Waals surface area (Å²) < 4.78 is 5.40. The van der Waals surface area contributed by atoms with Crippen LogP contribution in [-0.4, -0.2) is 24.4 Å². The first-order chi connectivity index (χ1) is 6.18. The molecule has 1 N–H and O–H groups in total. The van der Waals surface area contributed by atoms with Crippen LogP contribution < -0.4 is 0 Å². The van der Waals surface area contributed by atoms with Crippen molar-refractivity contribution in [3.63, 3.8) is 0 Å². The maximum Gasteiger partial charge on any atom is 0.0672 e. The SMILES string of the molecule is CCCCCCC(C)(CCO)OC. The second-order valence-corrected chi connectivity index (χ2v) is 3.94. The molecule has 0 amide bonds. The highest BCUT2D eigenvalue weighted by Crippen LogP contribution is 2.22. The average Bonchev–Trinajstić information content (AvgIpc) is 2.13. The molecule has 0 spiro atoms. The van der Waals surface area contributed by atoms with E-state index in [0.29, 0.717) is 0 Å². The van der Waals surface area contributed by atoms with Crippen molar-refractivity contribution in [2.45, 2.75) is 58.0 Å². The molecule has 0 heterocycles. The predicted octanol–water partition coefficient (Wildman–Crippen LogP) is 2.74. The van der Waals surface area contributed by atoms with Crippen LogP contribution in [0.3, 0.4) is 0 Å². The Morgan fingerprint density at radius 1 is 1.15 bits per heavy atom. The molecule has 0 bridgehead atoms. The fourth-order valence-corrected chi connectivity index (χ4v) is 1.49. The van der Waals surface area contributed by atoms with E-state index >= 15 is 0 Å². The maximum atomic E-state index is 8.86. The molecule has 0 aromatic rings. The van der Waals surface area contributed by atoms with E-state index in [-0.39, 0.29) is 12.2 Å². The van der Waals surface area contributed by atoms with E-state index in [9.17, 15) is 0 Å². The summed E-state index contributed by atoms with van der Waals surface area (Å²) in [6, 6.07) is 0. The smallest absolute Gasteiger partial charge is 0.0672 e. The van der Waals surface area contributed by atoms with Crippen molar-refractivity contribution in [1.82, 2.24) is 0 Å². The predicted molar refractivity (Wildman–Crippen MR) is 55.9 cm³/mol. The van der Waals surface area contributed by atoms with Gasteiger partial charge in [-0.25, -0.2) is 0 Å². The third-order valence-electron chi connectivity index (χ3n) is 2.69. The summed E-state index contributed by atoms with van der Waals surface area (Å²) in [6.07, 6.45) is 6.86. The van der Waals surface area contributed by atoms with Gasteiger partial charge in [0.15, 0.2) is 0 Å². The number of methoxy groups -OCH3 is 1. The van der Waals surface area contributed by atoms with E-state index in [0.717, 1.165) is 12.8 Å². The van der Waals surface area contributed by atoms with Crippen molar-refractivity contribution >= 4 is 0 Å². The van der Waals surface area contributed by atoms with E-state index < -0.39 is 0 Å². The van der Waals surface area contributed by atoms with Gasteiger partial charge < -0.3 is 9.84 Å². The Kier molecular flexibility index (Phi) is 7.29. The number of hydrogen-bond acceptors (Lipinski definition) is 2. The lowest BCUT2D eigenvalue weighted by Gasteiger charge is -2.27. The Morgan fingerprint density at radius 2 is 1.85 bits per heavy atom. The van der Waals surface area contributed by atoms with Crippen molar-refractivity contribution in [3.05, 3.63) is 0 Å². The van der Waals surface area contributed by atoms with Gasteiger partial charge in [0, 0.05) is 13.7 Å². The molecule has 0 fully saturated rings. The Morgan fingerprint density at radius 3 is 2.31 bits per heavy atom. The normalized spacial score (nSPS) is 15.7. The molecule has 0 saturated carbocycles. The number of aliphatic hydroxyl groups excluding tert-OH is 1. The molecule has 2 heteroatoms. The van der Waals surface area contributed by atoms with Crippen LogP contribution in [0.2, 0.25) is 0 Å². The van der Waals surface area contributed by atoms with Gasteiger partial charge in [0.1, 0.15) is 0 Å². The molecule has 0 saturated heterocycles. The molecule has 80 valence electrons. The largest absolute Gasteiger partial charge is 0.396 e. The van der Waals surface area contributed by atoms with Crippen LogP contribution in [0, 0.1) is 0 Å². The van der Waals surface area contributed by atoms with Gasteiger partial charge >= 0.3 is 0 Å². The maximum absolute atomic E-state index is 8.86. The van der Waals surface area contributed by atoms with Gasteiger partial charge in [-0.3, -0.25) is 0 Å². The van der Waals surface area contributed by atoms with E-state index in [1.165, 1.54) is 25.7 Å². The van der Waals surface area contributed by atoms with Gasteiger partial charge in [0.2, 0.25) is 0 Å². The first-order valence-corrected chi connectivity index (χ1v) is 5.34. The molecular weight excluding hydrogens is 164 g/mol. The van der Waals surface area contributed by atoms with Crippen LogP contribution in [0.4, 0.5) is 0 Å². The minimum atomic E-state index is -0.109. The second-order valence-electron chi connectivity index (χ2n) is 3.94. The number of unbranched alkanes of at least 4 members (excludes halogenated alkanes) is 3. The zero-order valence-corrected chi connectivity index (χ0v) is 9.31. The number of aliphatic hydroxyl groups is 1. The van der Waals surface area contributed by atoms with E-state index in [1.54, 1.807) is 7.11 Å². The topological polar surface area (TPSA) is 29.5 Å². The molecule has 0 aromatic carbocycles. The van der Waals surface area contributed by atoms with Crippen molar-refractivity contribution < 1.29 is 9.84 Å². The Labute approximate surface area is 82.3 Å². The number of hydrogen-bond donors (Lipinski definition) is 1. The van der Waals surface area contributed by atoms with Crippen LogP contribution in [0.15, 0.2) is 0 Å². The summed E-state index contributed by atoms with van der Waals surface area (Å²) in [5, 5.41) is 8.86. The zero-order valence-electron chi connectivity index (χ0n) is 9.31. The Bertz CT molecular complexity index is 115. The van der Waals surface area contributed by atoms with Crippen molar-refractivity contribution in [3.8, 4) is 0 Å². The molecule has 0 aliphatic heterocycles. The van der Waals surface area contributed by atoms with Crippen molar-refractivity contribution in [2.24, 2.45) is 0 Å². The van der Waals surface area contributed by atoms with Gasteiger partial charge in [-0.05, 0) is 19.8 Å². The first kappa shape index (κ1) is 12.9. The second kappa shape index (κ2) is 7.34. The van der Waals surface area contributed by atoms with Gasteiger partial charge in [0.25, 0.3) is 0 Å². The van der Waals surface area contributed by atoms with Crippen LogP contribution in [0.5, 0.6) is 0 Å².